The number of ketones is 1. The van der Waals surface area contributed by atoms with E-state index in [2.05, 4.69) is 60.7 Å². The topological polar surface area (TPSA) is 17.1 Å². The minimum Gasteiger partial charge on any atom is -0.289 e. The molecule has 0 spiro atoms. The summed E-state index contributed by atoms with van der Waals surface area (Å²) in [4.78, 5) is 12.4. The van der Waals surface area contributed by atoms with Gasteiger partial charge in [0, 0.05) is 11.0 Å². The first kappa shape index (κ1) is 15.6. The van der Waals surface area contributed by atoms with Crippen LogP contribution >= 0.6 is 0 Å². The second-order valence-corrected chi connectivity index (χ2v) is 6.72. The molecule has 1 aliphatic carbocycles. The van der Waals surface area contributed by atoms with Gasteiger partial charge in [0.1, 0.15) is 0 Å². The number of benzene rings is 3. The Kier molecular flexibility index (Phi) is 4.07. The molecule has 0 radical (unpaired) electrons. The lowest BCUT2D eigenvalue weighted by Gasteiger charge is -2.35. The van der Waals surface area contributed by atoms with Gasteiger partial charge in [-0.2, -0.15) is 0 Å². The standard InChI is InChI=1S/C24H20O/c25-23-15-16-24(17-19-9-3-1-4-10-19,18-20-11-5-2-6-12-20)22-14-8-7-13-21(22)23/h1-16H,17-18H2. The summed E-state index contributed by atoms with van der Waals surface area (Å²) >= 11 is 0. The van der Waals surface area contributed by atoms with Crippen molar-refractivity contribution in [3.63, 3.8) is 0 Å². The summed E-state index contributed by atoms with van der Waals surface area (Å²) in [6, 6.07) is 29.1. The molecule has 3 aromatic carbocycles. The van der Waals surface area contributed by atoms with E-state index in [4.69, 9.17) is 0 Å². The Morgan fingerprint density at radius 3 is 1.76 bits per heavy atom. The van der Waals surface area contributed by atoms with Crippen LogP contribution in [0.5, 0.6) is 0 Å². The smallest absolute Gasteiger partial charge is 0.185 e. The number of fused-ring (bicyclic) bond motifs is 1. The average molecular weight is 324 g/mol. The van der Waals surface area contributed by atoms with Gasteiger partial charge in [-0.25, -0.2) is 0 Å². The lowest BCUT2D eigenvalue weighted by molar-refractivity contribution is 0.104. The molecule has 0 amide bonds. The van der Waals surface area contributed by atoms with E-state index in [0.717, 1.165) is 24.0 Å². The van der Waals surface area contributed by atoms with Crippen molar-refractivity contribution in [1.29, 1.82) is 0 Å². The van der Waals surface area contributed by atoms with Gasteiger partial charge in [-0.3, -0.25) is 4.79 Å². The van der Waals surface area contributed by atoms with E-state index < -0.39 is 0 Å². The monoisotopic (exact) mass is 324 g/mol. The summed E-state index contributed by atoms with van der Waals surface area (Å²) in [6.07, 6.45) is 5.64. The second kappa shape index (κ2) is 6.52. The molecule has 25 heavy (non-hydrogen) atoms. The minimum absolute atomic E-state index is 0.104. The zero-order chi connectivity index (χ0) is 17.1. The van der Waals surface area contributed by atoms with Crippen molar-refractivity contribution in [3.05, 3.63) is 119 Å². The maximum atomic E-state index is 12.4. The van der Waals surface area contributed by atoms with Gasteiger partial charge in [0.15, 0.2) is 5.78 Å². The molecule has 1 heteroatoms. The summed E-state index contributed by atoms with van der Waals surface area (Å²) in [5.41, 5.74) is 4.33. The molecule has 4 rings (SSSR count). The lowest BCUT2D eigenvalue weighted by atomic mass is 9.67. The van der Waals surface area contributed by atoms with Crippen molar-refractivity contribution in [1.82, 2.24) is 0 Å². The Balaban J connectivity index is 1.84. The Morgan fingerprint density at radius 1 is 0.640 bits per heavy atom. The Bertz CT molecular complexity index is 866. The fourth-order valence-corrected chi connectivity index (χ4v) is 3.84. The molecule has 0 unspecified atom stereocenters. The Morgan fingerprint density at radius 2 is 1.16 bits per heavy atom. The van der Waals surface area contributed by atoms with Gasteiger partial charge in [-0.05, 0) is 35.6 Å². The van der Waals surface area contributed by atoms with Crippen LogP contribution in [0.2, 0.25) is 0 Å². The van der Waals surface area contributed by atoms with E-state index in [0.29, 0.717) is 0 Å². The molecule has 0 aliphatic heterocycles. The van der Waals surface area contributed by atoms with Crippen LogP contribution in [0.1, 0.15) is 27.0 Å². The Labute approximate surface area is 148 Å². The molecule has 0 saturated heterocycles. The van der Waals surface area contributed by atoms with Gasteiger partial charge in [0.25, 0.3) is 0 Å². The van der Waals surface area contributed by atoms with Crippen LogP contribution in [-0.2, 0) is 18.3 Å². The maximum absolute atomic E-state index is 12.4. The highest BCUT2D eigenvalue weighted by molar-refractivity contribution is 6.07. The van der Waals surface area contributed by atoms with Gasteiger partial charge in [0.2, 0.25) is 0 Å². The maximum Gasteiger partial charge on any atom is 0.185 e. The number of hydrogen-bond acceptors (Lipinski definition) is 1. The number of rotatable bonds is 4. The highest BCUT2D eigenvalue weighted by Crippen LogP contribution is 2.39. The van der Waals surface area contributed by atoms with Crippen molar-refractivity contribution in [2.75, 3.05) is 0 Å². The van der Waals surface area contributed by atoms with Gasteiger partial charge in [-0.1, -0.05) is 91.0 Å². The third kappa shape index (κ3) is 3.06. The van der Waals surface area contributed by atoms with Crippen molar-refractivity contribution in [3.8, 4) is 0 Å². The van der Waals surface area contributed by atoms with Crippen LogP contribution < -0.4 is 0 Å². The largest absolute Gasteiger partial charge is 0.289 e. The third-order valence-electron chi connectivity index (χ3n) is 5.01. The molecule has 0 saturated carbocycles. The predicted octanol–water partition coefficient (Wildman–Crippen LogP) is 5.16. The third-order valence-corrected chi connectivity index (χ3v) is 5.01. The Hall–Kier alpha value is -2.93. The number of carbonyl (C=O) groups excluding carboxylic acids is 1. The van der Waals surface area contributed by atoms with Gasteiger partial charge < -0.3 is 0 Å². The van der Waals surface area contributed by atoms with Crippen molar-refractivity contribution < 1.29 is 4.79 Å². The molecule has 122 valence electrons. The predicted molar refractivity (Wildman–Crippen MR) is 102 cm³/mol. The van der Waals surface area contributed by atoms with Crippen molar-refractivity contribution >= 4 is 5.78 Å². The van der Waals surface area contributed by atoms with Crippen LogP contribution in [0.4, 0.5) is 0 Å². The van der Waals surface area contributed by atoms with Crippen LogP contribution in [0.15, 0.2) is 97.1 Å². The first-order valence-corrected chi connectivity index (χ1v) is 8.68. The van der Waals surface area contributed by atoms with E-state index >= 15 is 0 Å². The quantitative estimate of drug-likeness (QED) is 0.647. The van der Waals surface area contributed by atoms with E-state index in [-0.39, 0.29) is 11.2 Å². The van der Waals surface area contributed by atoms with Gasteiger partial charge in [0.05, 0.1) is 0 Å². The molecule has 1 aliphatic rings. The van der Waals surface area contributed by atoms with Crippen LogP contribution in [0.25, 0.3) is 0 Å². The first-order chi connectivity index (χ1) is 12.3. The summed E-state index contributed by atoms with van der Waals surface area (Å²) in [7, 11) is 0. The number of allylic oxidation sites excluding steroid dienone is 2. The summed E-state index contributed by atoms with van der Waals surface area (Å²) in [5, 5.41) is 0. The molecule has 1 nitrogen and oxygen atoms in total. The average Bonchev–Trinajstić information content (AvgIpc) is 2.67. The zero-order valence-corrected chi connectivity index (χ0v) is 14.1. The lowest BCUT2D eigenvalue weighted by Crippen LogP contribution is -2.34. The molecule has 3 aromatic rings. The zero-order valence-electron chi connectivity index (χ0n) is 14.1. The second-order valence-electron chi connectivity index (χ2n) is 6.72. The van der Waals surface area contributed by atoms with Crippen molar-refractivity contribution in [2.24, 2.45) is 0 Å². The van der Waals surface area contributed by atoms with Gasteiger partial charge in [-0.15, -0.1) is 0 Å². The summed E-state index contributed by atoms with van der Waals surface area (Å²) in [5.74, 6) is 0.104. The summed E-state index contributed by atoms with van der Waals surface area (Å²) < 4.78 is 0. The van der Waals surface area contributed by atoms with Crippen LogP contribution in [0, 0.1) is 0 Å². The normalized spacial score (nSPS) is 15.0. The molecule has 0 aromatic heterocycles. The molecular formula is C24H20O. The fourth-order valence-electron chi connectivity index (χ4n) is 3.84. The van der Waals surface area contributed by atoms with E-state index in [1.807, 2.05) is 30.3 Å². The van der Waals surface area contributed by atoms with Crippen LogP contribution in [-0.4, -0.2) is 5.78 Å². The molecule has 0 N–H and O–H groups in total. The molecule has 0 atom stereocenters. The van der Waals surface area contributed by atoms with Gasteiger partial charge >= 0.3 is 0 Å². The summed E-state index contributed by atoms with van der Waals surface area (Å²) in [6.45, 7) is 0. The van der Waals surface area contributed by atoms with E-state index in [9.17, 15) is 4.79 Å². The van der Waals surface area contributed by atoms with Crippen LogP contribution in [0.3, 0.4) is 0 Å². The molecule has 0 bridgehead atoms. The minimum atomic E-state index is -0.201. The highest BCUT2D eigenvalue weighted by Gasteiger charge is 2.36. The molecular weight excluding hydrogens is 304 g/mol. The van der Waals surface area contributed by atoms with Crippen molar-refractivity contribution in [2.45, 2.75) is 18.3 Å². The van der Waals surface area contributed by atoms with E-state index in [1.165, 1.54) is 11.1 Å². The SMILES string of the molecule is O=C1C=CC(Cc2ccccc2)(Cc2ccccc2)c2ccccc21. The number of carbonyl (C=O) groups is 1. The van der Waals surface area contributed by atoms with E-state index in [1.54, 1.807) is 6.08 Å². The molecule has 0 fully saturated rings. The molecule has 0 heterocycles. The number of hydrogen-bond donors (Lipinski definition) is 0. The highest BCUT2D eigenvalue weighted by atomic mass is 16.1. The fraction of sp³-hybridized carbons (Fsp3) is 0.125. The first-order valence-electron chi connectivity index (χ1n) is 8.68.